The molecule has 0 aromatic carbocycles. The fourth-order valence-electron chi connectivity index (χ4n) is 13.8. The zero-order valence-electron chi connectivity index (χ0n) is 45.5. The number of carbonyl (C=O) groups excluding carboxylic acids is 6. The molecule has 0 saturated carbocycles. The maximum absolute atomic E-state index is 14.9. The number of hydrogen-bond donors (Lipinski definition) is 0. The molecule has 0 amide bonds. The Kier molecular flexibility index (Phi) is 17.2. The van der Waals surface area contributed by atoms with Crippen molar-refractivity contribution in [2.24, 2.45) is 21.7 Å². The predicted octanol–water partition coefficient (Wildman–Crippen LogP) is 2.63. The van der Waals surface area contributed by atoms with E-state index < -0.39 is 81.3 Å². The molecule has 0 N–H and O–H groups in total. The highest BCUT2D eigenvalue weighted by atomic mass is 16.5. The van der Waals surface area contributed by atoms with Crippen LogP contribution in [0.5, 0.6) is 0 Å². The Hall–Kier alpha value is -6.46. The van der Waals surface area contributed by atoms with Crippen LogP contribution >= 0.6 is 0 Å². The summed E-state index contributed by atoms with van der Waals surface area (Å²) in [5.41, 5.74) is -4.66. The minimum atomic E-state index is -1.72. The van der Waals surface area contributed by atoms with Crippen molar-refractivity contribution in [2.75, 3.05) is 134 Å². The van der Waals surface area contributed by atoms with E-state index in [-0.39, 0.29) is 26.2 Å². The van der Waals surface area contributed by atoms with E-state index in [1.165, 1.54) is 34.9 Å². The first-order valence-corrected chi connectivity index (χ1v) is 26.8. The lowest BCUT2D eigenvalue weighted by atomic mass is 9.54. The lowest BCUT2D eigenvalue weighted by Crippen LogP contribution is -2.75. The number of likely N-dealkylation sites (tertiary alicyclic amines) is 5. The monoisotopic (exact) mass is 1070 g/mol. The van der Waals surface area contributed by atoms with Gasteiger partial charge in [0.25, 0.3) is 0 Å². The number of fused-ring (bicyclic) bond motifs is 4. The number of morpholine rings is 1. The van der Waals surface area contributed by atoms with Gasteiger partial charge >= 0.3 is 23.9 Å². The van der Waals surface area contributed by atoms with Gasteiger partial charge in [0.2, 0.25) is 0 Å². The maximum Gasteiger partial charge on any atom is 0.322 e. The summed E-state index contributed by atoms with van der Waals surface area (Å²) in [4.78, 5) is 116. The van der Waals surface area contributed by atoms with Crippen LogP contribution in [0.4, 0.5) is 0 Å². The number of aromatic nitrogens is 4. The van der Waals surface area contributed by atoms with Crippen LogP contribution in [-0.4, -0.2) is 219 Å². The van der Waals surface area contributed by atoms with Gasteiger partial charge in [-0.2, -0.15) is 0 Å². The fourth-order valence-corrected chi connectivity index (χ4v) is 13.8. The lowest BCUT2D eigenvalue weighted by molar-refractivity contribution is -0.205. The minimum Gasteiger partial charge on any atom is -0.468 e. The Labute approximate surface area is 455 Å². The van der Waals surface area contributed by atoms with Crippen LogP contribution < -0.4 is 0 Å². The molecule has 21 nitrogen and oxygen atoms in total. The lowest BCUT2D eigenvalue weighted by Gasteiger charge is -2.60. The summed E-state index contributed by atoms with van der Waals surface area (Å²) in [7, 11) is 8.76. The van der Waals surface area contributed by atoms with Crippen molar-refractivity contribution < 1.29 is 52.5 Å². The summed E-state index contributed by atoms with van der Waals surface area (Å²) >= 11 is 0. The number of methoxy groups -OCH3 is 4. The molecule has 78 heavy (non-hydrogen) atoms. The van der Waals surface area contributed by atoms with Crippen LogP contribution in [0.25, 0.3) is 0 Å². The Morgan fingerprint density at radius 3 is 1.00 bits per heavy atom. The zero-order chi connectivity index (χ0) is 55.2. The molecule has 4 aromatic heterocycles. The maximum atomic E-state index is 14.9. The van der Waals surface area contributed by atoms with Crippen LogP contribution in [-0.2, 0) is 52.5 Å². The van der Waals surface area contributed by atoms with Crippen molar-refractivity contribution in [3.63, 3.8) is 0 Å². The van der Waals surface area contributed by atoms with Crippen molar-refractivity contribution >= 4 is 35.4 Å². The number of Topliss-reactive ketones (excluding diaryl/α,β-unsaturated/α-hetero) is 2. The smallest absolute Gasteiger partial charge is 0.322 e. The number of hydrogen-bond acceptors (Lipinski definition) is 21. The normalized spacial score (nSPS) is 30.1. The largest absolute Gasteiger partial charge is 0.468 e. The van der Waals surface area contributed by atoms with E-state index in [0.29, 0.717) is 55.6 Å². The van der Waals surface area contributed by atoms with Gasteiger partial charge in [0, 0.05) is 90.2 Å². The Morgan fingerprint density at radius 2 is 0.731 bits per heavy atom. The highest BCUT2D eigenvalue weighted by Crippen LogP contribution is 2.62. The second-order valence-corrected chi connectivity index (χ2v) is 21.2. The van der Waals surface area contributed by atoms with Crippen LogP contribution in [0.15, 0.2) is 97.6 Å². The van der Waals surface area contributed by atoms with Gasteiger partial charge in [0.15, 0.2) is 33.2 Å². The van der Waals surface area contributed by atoms with Gasteiger partial charge in [0.05, 0.1) is 88.6 Å². The number of carbonyl (C=O) groups is 6. The molecule has 6 aliphatic heterocycles. The molecule has 4 bridgehead atoms. The van der Waals surface area contributed by atoms with E-state index in [4.69, 9.17) is 23.7 Å². The number of piperidine rings is 5. The Balaban J connectivity index is 0.000000190. The molecule has 21 heteroatoms. The van der Waals surface area contributed by atoms with Crippen LogP contribution in [0.3, 0.4) is 0 Å². The molecule has 8 atom stereocenters. The quantitative estimate of drug-likeness (QED) is 0.101. The molecular formula is C57H72N10O11. The SMILES string of the molecule is COC(=O)C12CN(CCN3CCCCC3)CC(C(=O)OC)(C1=O)[C@@H](c1ccccn1)N(C)[C@H]2c1ccccn1.COC(=O)C12CN(CCN3CCOCC3)CC(C(=O)OC)(C1=O)[C@@H](c1ccccn1)N(C)[C@H]2c1ccccn1. The third-order valence-electron chi connectivity index (χ3n) is 17.1. The summed E-state index contributed by atoms with van der Waals surface area (Å²) < 4.78 is 26.9. The number of ketones is 2. The third-order valence-corrected chi connectivity index (χ3v) is 17.1. The second kappa shape index (κ2) is 23.9. The molecule has 416 valence electrons. The Morgan fingerprint density at radius 1 is 0.449 bits per heavy atom. The molecule has 0 aliphatic carbocycles. The molecule has 0 spiro atoms. The summed E-state index contributed by atoms with van der Waals surface area (Å²) in [5.74, 6) is -3.75. The molecule has 10 heterocycles. The van der Waals surface area contributed by atoms with Gasteiger partial charge in [-0.05, 0) is 88.6 Å². The fraction of sp³-hybridized carbons (Fsp3) is 0.544. The number of pyridine rings is 4. The average molecular weight is 1070 g/mol. The molecule has 6 aliphatic rings. The van der Waals surface area contributed by atoms with Crippen molar-refractivity contribution in [2.45, 2.75) is 43.4 Å². The number of nitrogens with zero attached hydrogens (tertiary/aromatic N) is 10. The number of rotatable bonds is 14. The summed E-state index contributed by atoms with van der Waals surface area (Å²) in [6.07, 6.45) is 10.1. The number of esters is 4. The summed E-state index contributed by atoms with van der Waals surface area (Å²) in [6, 6.07) is 18.5. The van der Waals surface area contributed by atoms with Gasteiger partial charge in [-0.15, -0.1) is 0 Å². The molecule has 0 radical (unpaired) electrons. The predicted molar refractivity (Wildman–Crippen MR) is 282 cm³/mol. The first kappa shape index (κ1) is 56.3. The van der Waals surface area contributed by atoms with Gasteiger partial charge in [-0.25, -0.2) is 0 Å². The summed E-state index contributed by atoms with van der Waals surface area (Å²) in [6.45, 7) is 7.97. The van der Waals surface area contributed by atoms with Gasteiger partial charge in [-0.3, -0.25) is 73.2 Å². The molecule has 6 saturated heterocycles. The topological polar surface area (TPSA) is 220 Å². The van der Waals surface area contributed by atoms with Gasteiger partial charge in [0.1, 0.15) is 0 Å². The molecule has 10 rings (SSSR count). The summed E-state index contributed by atoms with van der Waals surface area (Å²) in [5, 5.41) is 0. The number of ether oxygens (including phenoxy) is 5. The molecule has 4 unspecified atom stereocenters. The minimum absolute atomic E-state index is 0.0854. The van der Waals surface area contributed by atoms with Crippen molar-refractivity contribution in [3.05, 3.63) is 120 Å². The van der Waals surface area contributed by atoms with E-state index in [9.17, 15) is 28.8 Å². The molecular weight excluding hydrogens is 1000 g/mol. The average Bonchev–Trinajstić information content (AvgIpc) is 3.51. The van der Waals surface area contributed by atoms with E-state index >= 15 is 0 Å². The third kappa shape index (κ3) is 9.70. The standard InChI is InChI=1S/C29H37N5O5.C28H35N5O6/c1-32-23(21-11-5-7-13-30-21)28(26(36)38-2)19-34(18-17-33-15-9-4-10-16-33)20-29(25(28)35,27(37)39-3)24(32)22-12-6-8-14-31-22;1-31-22(20-8-4-6-10-29-20)27(25(35)37-2)18-33(13-12-32-14-16-39-17-15-32)19-28(24(27)34,26(36)38-3)23(31)21-9-5-7-11-30-21/h5-8,11-14,23-24H,4,9-10,15-20H2,1-3H3;4-11,22-23H,12-19H2,1-3H3/t23-,24+,28?,29?;22-,23+,27?,28?. The highest BCUT2D eigenvalue weighted by Gasteiger charge is 2.77. The molecule has 4 aromatic rings. The van der Waals surface area contributed by atoms with E-state index in [1.807, 2.05) is 65.2 Å². The van der Waals surface area contributed by atoms with Crippen LogP contribution in [0.2, 0.25) is 0 Å². The molecule has 6 fully saturated rings. The van der Waals surface area contributed by atoms with Crippen molar-refractivity contribution in [3.8, 4) is 0 Å². The van der Waals surface area contributed by atoms with Crippen molar-refractivity contribution in [1.82, 2.24) is 49.3 Å². The first-order chi connectivity index (χ1) is 37.8. The van der Waals surface area contributed by atoms with E-state index in [0.717, 1.165) is 45.6 Å². The van der Waals surface area contributed by atoms with E-state index in [1.54, 1.807) is 61.2 Å². The van der Waals surface area contributed by atoms with Gasteiger partial charge in [-0.1, -0.05) is 30.7 Å². The van der Waals surface area contributed by atoms with Crippen molar-refractivity contribution in [1.29, 1.82) is 0 Å². The first-order valence-electron chi connectivity index (χ1n) is 26.8. The Bertz CT molecular complexity index is 2410. The zero-order valence-corrected chi connectivity index (χ0v) is 45.5. The second-order valence-electron chi connectivity index (χ2n) is 21.2. The van der Waals surface area contributed by atoms with Crippen LogP contribution in [0, 0.1) is 21.7 Å². The highest BCUT2D eigenvalue weighted by molar-refractivity contribution is 6.18. The van der Waals surface area contributed by atoms with Gasteiger partial charge < -0.3 is 28.6 Å². The van der Waals surface area contributed by atoms with Crippen LogP contribution in [0.1, 0.15) is 66.2 Å². The van der Waals surface area contributed by atoms with E-state index in [2.05, 4.69) is 34.6 Å².